The Hall–Kier alpha value is -2.26. The summed E-state index contributed by atoms with van der Waals surface area (Å²) in [6.07, 6.45) is 13.0. The zero-order valence-electron chi connectivity index (χ0n) is 14.5. The molecule has 1 aromatic heterocycles. The van der Waals surface area contributed by atoms with Gasteiger partial charge in [-0.2, -0.15) is 10.2 Å². The van der Waals surface area contributed by atoms with Crippen LogP contribution in [0.1, 0.15) is 37.7 Å². The molecule has 1 saturated heterocycles. The van der Waals surface area contributed by atoms with Crippen molar-refractivity contribution in [1.29, 1.82) is 0 Å². The Balaban J connectivity index is 1.34. The van der Waals surface area contributed by atoms with Gasteiger partial charge in [0.25, 0.3) is 0 Å². The summed E-state index contributed by atoms with van der Waals surface area (Å²) in [4.78, 5) is 18.9. The molecule has 6 heteroatoms. The largest absolute Gasteiger partial charge is 0.356 e. The van der Waals surface area contributed by atoms with Crippen molar-refractivity contribution in [3.8, 4) is 12.3 Å². The smallest absolute Gasteiger partial charge is 0.223 e. The number of rotatable bonds is 8. The van der Waals surface area contributed by atoms with Gasteiger partial charge in [-0.15, -0.1) is 12.3 Å². The van der Waals surface area contributed by atoms with E-state index in [4.69, 9.17) is 6.42 Å². The minimum Gasteiger partial charge on any atom is -0.356 e. The lowest BCUT2D eigenvalue weighted by Crippen LogP contribution is -2.41. The third kappa shape index (κ3) is 5.10. The monoisotopic (exact) mass is 339 g/mol. The van der Waals surface area contributed by atoms with Gasteiger partial charge in [0.2, 0.25) is 5.91 Å². The molecule has 132 valence electrons. The number of nitrogens with zero attached hydrogens (tertiary/aromatic N) is 4. The highest BCUT2D eigenvalue weighted by Gasteiger charge is 2.38. The minimum atomic E-state index is -0.313. The normalized spacial score (nSPS) is 19.3. The number of likely N-dealkylation sites (tertiary alicyclic amines) is 1. The average Bonchev–Trinajstić information content (AvgIpc) is 3.41. The molecule has 0 radical (unpaired) electrons. The van der Waals surface area contributed by atoms with E-state index in [1.165, 1.54) is 5.56 Å². The van der Waals surface area contributed by atoms with Crippen molar-refractivity contribution in [2.24, 2.45) is 16.1 Å². The van der Waals surface area contributed by atoms with Crippen LogP contribution in [0.5, 0.6) is 0 Å². The first-order valence-corrected chi connectivity index (χ1v) is 8.97. The van der Waals surface area contributed by atoms with Crippen molar-refractivity contribution in [2.75, 3.05) is 19.6 Å². The third-order valence-electron chi connectivity index (χ3n) is 4.96. The van der Waals surface area contributed by atoms with Gasteiger partial charge >= 0.3 is 0 Å². The van der Waals surface area contributed by atoms with E-state index in [0.29, 0.717) is 13.0 Å². The molecule has 0 bridgehead atoms. The van der Waals surface area contributed by atoms with E-state index in [0.717, 1.165) is 45.3 Å². The topological polar surface area (TPSA) is 70.0 Å². The summed E-state index contributed by atoms with van der Waals surface area (Å²) in [6, 6.07) is 4.06. The summed E-state index contributed by atoms with van der Waals surface area (Å²) in [5, 5.41) is 11.2. The molecule has 0 aliphatic carbocycles. The number of hydrogen-bond acceptors (Lipinski definition) is 5. The number of aromatic nitrogens is 1. The standard InChI is InChI=1S/C19H25N5O/c1-2-3-8-19(22-23-19)9-11-21-18(25)17-6-12-24(13-7-17)15-16-5-4-10-20-14-16/h1,4-5,10,14,17H,3,6-9,11-13,15H2,(H,21,25). The molecular formula is C19H25N5O. The van der Waals surface area contributed by atoms with Crippen molar-refractivity contribution < 1.29 is 4.79 Å². The molecule has 3 heterocycles. The Morgan fingerprint density at radius 1 is 1.36 bits per heavy atom. The van der Waals surface area contributed by atoms with Gasteiger partial charge in [0.05, 0.1) is 0 Å². The zero-order chi connectivity index (χ0) is 17.5. The van der Waals surface area contributed by atoms with Gasteiger partial charge in [-0.05, 0) is 37.6 Å². The maximum Gasteiger partial charge on any atom is 0.223 e. The molecule has 0 spiro atoms. The Morgan fingerprint density at radius 2 is 2.16 bits per heavy atom. The summed E-state index contributed by atoms with van der Waals surface area (Å²) >= 11 is 0. The van der Waals surface area contributed by atoms with Crippen molar-refractivity contribution in [3.63, 3.8) is 0 Å². The molecule has 6 nitrogen and oxygen atoms in total. The zero-order valence-corrected chi connectivity index (χ0v) is 14.5. The Morgan fingerprint density at radius 3 is 2.80 bits per heavy atom. The lowest BCUT2D eigenvalue weighted by molar-refractivity contribution is -0.126. The summed E-state index contributed by atoms with van der Waals surface area (Å²) in [5.74, 6) is 2.89. The molecule has 1 N–H and O–H groups in total. The fourth-order valence-electron chi connectivity index (χ4n) is 3.30. The second kappa shape index (κ2) is 8.21. The minimum absolute atomic E-state index is 0.111. The van der Waals surface area contributed by atoms with Crippen LogP contribution in [0.15, 0.2) is 34.8 Å². The van der Waals surface area contributed by atoms with Gasteiger partial charge < -0.3 is 5.32 Å². The van der Waals surface area contributed by atoms with E-state index in [9.17, 15) is 4.79 Å². The van der Waals surface area contributed by atoms with Gasteiger partial charge in [-0.25, -0.2) is 0 Å². The first-order valence-electron chi connectivity index (χ1n) is 8.97. The highest BCUT2D eigenvalue weighted by molar-refractivity contribution is 5.78. The number of terminal acetylenes is 1. The van der Waals surface area contributed by atoms with Crippen LogP contribution in [0.4, 0.5) is 0 Å². The number of hydrogen-bond donors (Lipinski definition) is 1. The number of amides is 1. The van der Waals surface area contributed by atoms with E-state index < -0.39 is 0 Å². The third-order valence-corrected chi connectivity index (χ3v) is 4.96. The molecule has 1 amide bonds. The van der Waals surface area contributed by atoms with Crippen LogP contribution in [-0.4, -0.2) is 41.1 Å². The van der Waals surface area contributed by atoms with Crippen LogP contribution in [0.2, 0.25) is 0 Å². The molecule has 2 aliphatic heterocycles. The van der Waals surface area contributed by atoms with Gasteiger partial charge in [0.1, 0.15) is 0 Å². The highest BCUT2D eigenvalue weighted by atomic mass is 16.1. The summed E-state index contributed by atoms with van der Waals surface area (Å²) < 4.78 is 0. The second-order valence-electron chi connectivity index (χ2n) is 6.84. The molecule has 0 aromatic carbocycles. The van der Waals surface area contributed by atoms with Crippen LogP contribution >= 0.6 is 0 Å². The Kier molecular flexibility index (Phi) is 5.77. The fraction of sp³-hybridized carbons (Fsp3) is 0.579. The van der Waals surface area contributed by atoms with Crippen LogP contribution in [-0.2, 0) is 11.3 Å². The summed E-state index contributed by atoms with van der Waals surface area (Å²) in [6.45, 7) is 3.42. The van der Waals surface area contributed by atoms with Gasteiger partial charge in [-0.3, -0.25) is 14.7 Å². The van der Waals surface area contributed by atoms with Crippen molar-refractivity contribution >= 4 is 5.91 Å². The molecule has 2 aliphatic rings. The SMILES string of the molecule is C#CCCC1(CCNC(=O)C2CCN(Cc3cccnc3)CC2)N=N1. The molecule has 3 rings (SSSR count). The maximum atomic E-state index is 12.4. The first kappa shape index (κ1) is 17.6. The molecule has 0 unspecified atom stereocenters. The number of carbonyl (C=O) groups is 1. The lowest BCUT2D eigenvalue weighted by Gasteiger charge is -2.31. The van der Waals surface area contributed by atoms with Gasteiger partial charge in [0.15, 0.2) is 5.66 Å². The van der Waals surface area contributed by atoms with Crippen LogP contribution in [0.25, 0.3) is 0 Å². The molecular weight excluding hydrogens is 314 g/mol. The second-order valence-corrected chi connectivity index (χ2v) is 6.84. The fourth-order valence-corrected chi connectivity index (χ4v) is 3.30. The van der Waals surface area contributed by atoms with E-state index in [1.807, 2.05) is 12.3 Å². The van der Waals surface area contributed by atoms with Crippen LogP contribution < -0.4 is 5.32 Å². The van der Waals surface area contributed by atoms with E-state index in [-0.39, 0.29) is 17.5 Å². The summed E-state index contributed by atoms with van der Waals surface area (Å²) in [7, 11) is 0. The van der Waals surface area contributed by atoms with Crippen molar-refractivity contribution in [2.45, 2.75) is 44.3 Å². The predicted octanol–water partition coefficient (Wildman–Crippen LogP) is 2.38. The molecule has 1 aromatic rings. The number of pyridine rings is 1. The van der Waals surface area contributed by atoms with Gasteiger partial charge in [0, 0.05) is 50.7 Å². The van der Waals surface area contributed by atoms with Crippen LogP contribution in [0.3, 0.4) is 0 Å². The van der Waals surface area contributed by atoms with E-state index in [1.54, 1.807) is 6.20 Å². The van der Waals surface area contributed by atoms with Crippen molar-refractivity contribution in [1.82, 2.24) is 15.2 Å². The Bertz CT molecular complexity index is 638. The average molecular weight is 339 g/mol. The maximum absolute atomic E-state index is 12.4. The molecule has 0 atom stereocenters. The molecule has 0 saturated carbocycles. The predicted molar refractivity (Wildman–Crippen MR) is 95.5 cm³/mol. The van der Waals surface area contributed by atoms with E-state index >= 15 is 0 Å². The lowest BCUT2D eigenvalue weighted by atomic mass is 9.95. The van der Waals surface area contributed by atoms with Gasteiger partial charge in [-0.1, -0.05) is 6.07 Å². The highest BCUT2D eigenvalue weighted by Crippen LogP contribution is 2.36. The number of carbonyl (C=O) groups excluding carboxylic acids is 1. The van der Waals surface area contributed by atoms with E-state index in [2.05, 4.69) is 37.4 Å². The van der Waals surface area contributed by atoms with Crippen LogP contribution in [0, 0.1) is 18.3 Å². The quantitative estimate of drug-likeness (QED) is 0.739. The van der Waals surface area contributed by atoms with Crippen molar-refractivity contribution in [3.05, 3.63) is 30.1 Å². The molecule has 25 heavy (non-hydrogen) atoms. The Labute approximate surface area is 149 Å². The molecule has 1 fully saturated rings. The number of nitrogens with one attached hydrogen (secondary N) is 1. The number of piperidine rings is 1. The summed E-state index contributed by atoms with van der Waals surface area (Å²) in [5.41, 5.74) is 0.909. The first-order chi connectivity index (χ1) is 12.2.